The summed E-state index contributed by atoms with van der Waals surface area (Å²) in [5, 5.41) is 4.90. The smallest absolute Gasteiger partial charge is 0.263 e. The number of carbonyl (C=O) groups is 2. The van der Waals surface area contributed by atoms with E-state index in [4.69, 9.17) is 0 Å². The third-order valence-electron chi connectivity index (χ3n) is 4.59. The van der Waals surface area contributed by atoms with Crippen molar-refractivity contribution in [1.82, 2.24) is 4.90 Å². The summed E-state index contributed by atoms with van der Waals surface area (Å²) < 4.78 is 0. The normalized spacial score (nSPS) is 17.6. The molecule has 2 amide bonds. The van der Waals surface area contributed by atoms with Crippen molar-refractivity contribution in [2.24, 2.45) is 5.92 Å². The van der Waals surface area contributed by atoms with Crippen LogP contribution in [0.1, 0.15) is 33.6 Å². The van der Waals surface area contributed by atoms with Crippen LogP contribution in [0, 0.1) is 19.8 Å². The number of carbonyl (C=O) groups excluding carboxylic acids is 2. The van der Waals surface area contributed by atoms with Gasteiger partial charge in [-0.2, -0.15) is 0 Å². The molecule has 126 valence electrons. The van der Waals surface area contributed by atoms with Crippen LogP contribution in [0.3, 0.4) is 0 Å². The lowest BCUT2D eigenvalue weighted by Gasteiger charge is -2.31. The predicted octanol–water partition coefficient (Wildman–Crippen LogP) is 3.86. The molecule has 2 aromatic rings. The SMILES string of the molecule is Cc1ccc(NC(=O)[C@@H]2CCCN(C(=O)c3cccs3)C2)cc1C. The monoisotopic (exact) mass is 342 g/mol. The van der Waals surface area contributed by atoms with Crippen LogP contribution >= 0.6 is 11.3 Å². The molecular weight excluding hydrogens is 320 g/mol. The molecule has 0 radical (unpaired) electrons. The molecule has 0 saturated carbocycles. The zero-order chi connectivity index (χ0) is 17.1. The van der Waals surface area contributed by atoms with E-state index in [1.165, 1.54) is 16.9 Å². The molecule has 3 rings (SSSR count). The number of nitrogens with zero attached hydrogens (tertiary/aromatic N) is 1. The van der Waals surface area contributed by atoms with Gasteiger partial charge in [-0.05, 0) is 61.4 Å². The van der Waals surface area contributed by atoms with Crippen LogP contribution in [0.2, 0.25) is 0 Å². The maximum absolute atomic E-state index is 12.6. The minimum absolute atomic E-state index is 0.00179. The van der Waals surface area contributed by atoms with Crippen LogP contribution in [0.15, 0.2) is 35.7 Å². The van der Waals surface area contributed by atoms with E-state index in [-0.39, 0.29) is 17.7 Å². The fourth-order valence-corrected chi connectivity index (χ4v) is 3.69. The van der Waals surface area contributed by atoms with E-state index in [0.29, 0.717) is 6.54 Å². The van der Waals surface area contributed by atoms with Crippen LogP contribution in [0.5, 0.6) is 0 Å². The molecule has 4 nitrogen and oxygen atoms in total. The molecule has 1 atom stereocenters. The molecule has 1 aliphatic heterocycles. The molecule has 0 aliphatic carbocycles. The minimum Gasteiger partial charge on any atom is -0.337 e. The van der Waals surface area contributed by atoms with Crippen molar-refractivity contribution in [2.45, 2.75) is 26.7 Å². The second-order valence-electron chi connectivity index (χ2n) is 6.36. The fourth-order valence-electron chi connectivity index (χ4n) is 3.00. The van der Waals surface area contributed by atoms with Gasteiger partial charge in [0.1, 0.15) is 0 Å². The number of benzene rings is 1. The van der Waals surface area contributed by atoms with E-state index in [1.807, 2.05) is 42.6 Å². The van der Waals surface area contributed by atoms with Gasteiger partial charge in [0.25, 0.3) is 5.91 Å². The molecule has 0 bridgehead atoms. The van der Waals surface area contributed by atoms with Crippen molar-refractivity contribution in [3.05, 3.63) is 51.7 Å². The Morgan fingerprint density at radius 1 is 1.21 bits per heavy atom. The quantitative estimate of drug-likeness (QED) is 0.921. The zero-order valence-corrected chi connectivity index (χ0v) is 14.9. The summed E-state index contributed by atoms with van der Waals surface area (Å²) in [4.78, 5) is 27.6. The molecule has 1 aromatic heterocycles. The third-order valence-corrected chi connectivity index (χ3v) is 5.44. The van der Waals surface area contributed by atoms with Crippen molar-refractivity contribution >= 4 is 28.8 Å². The van der Waals surface area contributed by atoms with Gasteiger partial charge >= 0.3 is 0 Å². The Bertz CT molecular complexity index is 740. The molecule has 24 heavy (non-hydrogen) atoms. The summed E-state index contributed by atoms with van der Waals surface area (Å²) in [6.45, 7) is 5.31. The number of likely N-dealkylation sites (tertiary alicyclic amines) is 1. The molecule has 1 fully saturated rings. The average molecular weight is 342 g/mol. The van der Waals surface area contributed by atoms with E-state index in [9.17, 15) is 9.59 Å². The van der Waals surface area contributed by atoms with E-state index < -0.39 is 0 Å². The van der Waals surface area contributed by atoms with Crippen molar-refractivity contribution in [3.8, 4) is 0 Å². The van der Waals surface area contributed by atoms with Crippen LogP contribution in [0.25, 0.3) is 0 Å². The molecule has 0 spiro atoms. The molecule has 1 aliphatic rings. The summed E-state index contributed by atoms with van der Waals surface area (Å²) in [5.41, 5.74) is 3.19. The maximum Gasteiger partial charge on any atom is 0.263 e. The lowest BCUT2D eigenvalue weighted by atomic mass is 9.96. The number of nitrogens with one attached hydrogen (secondary N) is 1. The first-order chi connectivity index (χ1) is 11.5. The molecule has 2 heterocycles. The Morgan fingerprint density at radius 3 is 2.75 bits per heavy atom. The Kier molecular flexibility index (Phi) is 5.00. The van der Waals surface area contributed by atoms with Crippen molar-refractivity contribution < 1.29 is 9.59 Å². The van der Waals surface area contributed by atoms with Crippen LogP contribution in [-0.4, -0.2) is 29.8 Å². The summed E-state index contributed by atoms with van der Waals surface area (Å²) in [6, 6.07) is 9.65. The second-order valence-corrected chi connectivity index (χ2v) is 7.30. The second kappa shape index (κ2) is 7.18. The number of aryl methyl sites for hydroxylation is 2. The largest absolute Gasteiger partial charge is 0.337 e. The third kappa shape index (κ3) is 3.67. The maximum atomic E-state index is 12.6. The Hall–Kier alpha value is -2.14. The molecule has 5 heteroatoms. The first-order valence-corrected chi connectivity index (χ1v) is 9.13. The van der Waals surface area contributed by atoms with E-state index in [1.54, 1.807) is 4.90 Å². The summed E-state index contributed by atoms with van der Waals surface area (Å²) >= 11 is 1.45. The van der Waals surface area contributed by atoms with Gasteiger partial charge in [0, 0.05) is 18.8 Å². The van der Waals surface area contributed by atoms with Gasteiger partial charge in [0.2, 0.25) is 5.91 Å². The Balaban J connectivity index is 1.64. The summed E-state index contributed by atoms with van der Waals surface area (Å²) in [5.74, 6) is -0.111. The molecule has 0 unspecified atom stereocenters. The molecule has 1 aromatic carbocycles. The minimum atomic E-state index is -0.149. The molecular formula is C19H22N2O2S. The number of rotatable bonds is 3. The summed E-state index contributed by atoms with van der Waals surface area (Å²) in [6.07, 6.45) is 1.69. The van der Waals surface area contributed by atoms with Gasteiger partial charge in [-0.3, -0.25) is 9.59 Å². The Labute approximate surface area is 146 Å². The Morgan fingerprint density at radius 2 is 2.04 bits per heavy atom. The number of hydrogen-bond donors (Lipinski definition) is 1. The van der Waals surface area contributed by atoms with E-state index in [0.717, 1.165) is 35.5 Å². The number of anilines is 1. The predicted molar refractivity (Wildman–Crippen MR) is 97.5 cm³/mol. The van der Waals surface area contributed by atoms with Gasteiger partial charge < -0.3 is 10.2 Å². The van der Waals surface area contributed by atoms with Crippen molar-refractivity contribution in [3.63, 3.8) is 0 Å². The number of thiophene rings is 1. The number of piperidine rings is 1. The summed E-state index contributed by atoms with van der Waals surface area (Å²) in [7, 11) is 0. The number of amides is 2. The van der Waals surface area contributed by atoms with Gasteiger partial charge in [0.15, 0.2) is 0 Å². The molecule has 1 saturated heterocycles. The van der Waals surface area contributed by atoms with Crippen molar-refractivity contribution in [2.75, 3.05) is 18.4 Å². The first kappa shape index (κ1) is 16.7. The highest BCUT2D eigenvalue weighted by atomic mass is 32.1. The zero-order valence-electron chi connectivity index (χ0n) is 14.0. The standard InChI is InChI=1S/C19H22N2O2S/c1-13-7-8-16(11-14(13)2)20-18(22)15-5-3-9-21(12-15)19(23)17-6-4-10-24-17/h4,6-8,10-11,15H,3,5,9,12H2,1-2H3,(H,20,22)/t15-/m1/s1. The highest BCUT2D eigenvalue weighted by Gasteiger charge is 2.29. The van der Waals surface area contributed by atoms with Gasteiger partial charge in [-0.25, -0.2) is 0 Å². The number of hydrogen-bond acceptors (Lipinski definition) is 3. The van der Waals surface area contributed by atoms with Gasteiger partial charge in [-0.15, -0.1) is 11.3 Å². The topological polar surface area (TPSA) is 49.4 Å². The van der Waals surface area contributed by atoms with Crippen LogP contribution < -0.4 is 5.32 Å². The first-order valence-electron chi connectivity index (χ1n) is 8.25. The van der Waals surface area contributed by atoms with E-state index in [2.05, 4.69) is 12.2 Å². The van der Waals surface area contributed by atoms with Crippen molar-refractivity contribution in [1.29, 1.82) is 0 Å². The highest BCUT2D eigenvalue weighted by molar-refractivity contribution is 7.12. The van der Waals surface area contributed by atoms with Crippen LogP contribution in [0.4, 0.5) is 5.69 Å². The van der Waals surface area contributed by atoms with Gasteiger partial charge in [0.05, 0.1) is 10.8 Å². The van der Waals surface area contributed by atoms with Gasteiger partial charge in [-0.1, -0.05) is 12.1 Å². The fraction of sp³-hybridized carbons (Fsp3) is 0.368. The highest BCUT2D eigenvalue weighted by Crippen LogP contribution is 2.22. The van der Waals surface area contributed by atoms with E-state index >= 15 is 0 Å². The lowest BCUT2D eigenvalue weighted by molar-refractivity contribution is -0.121. The lowest BCUT2D eigenvalue weighted by Crippen LogP contribution is -2.43. The van der Waals surface area contributed by atoms with Crippen LogP contribution in [-0.2, 0) is 4.79 Å². The average Bonchev–Trinajstić information content (AvgIpc) is 3.12. The molecule has 1 N–H and O–H groups in total.